The van der Waals surface area contributed by atoms with Crippen LogP contribution in [-0.2, 0) is 4.79 Å². The lowest BCUT2D eigenvalue weighted by Crippen LogP contribution is -2.33. The first-order chi connectivity index (χ1) is 10.6. The normalized spacial score (nSPS) is 12.3. The Morgan fingerprint density at radius 1 is 1.14 bits per heavy atom. The molecule has 0 bridgehead atoms. The van der Waals surface area contributed by atoms with Gasteiger partial charge in [-0.15, -0.1) is 11.3 Å². The summed E-state index contributed by atoms with van der Waals surface area (Å²) < 4.78 is 2.09. The van der Waals surface area contributed by atoms with Gasteiger partial charge in [0.2, 0.25) is 5.91 Å². The van der Waals surface area contributed by atoms with Crippen LogP contribution >= 0.6 is 23.1 Å². The molecule has 1 heterocycles. The van der Waals surface area contributed by atoms with E-state index < -0.39 is 0 Å². The average molecular weight is 328 g/mol. The van der Waals surface area contributed by atoms with Crippen molar-refractivity contribution in [3.63, 3.8) is 0 Å². The quantitative estimate of drug-likeness (QED) is 0.664. The van der Waals surface area contributed by atoms with Crippen LogP contribution in [0.3, 0.4) is 0 Å². The van der Waals surface area contributed by atoms with E-state index in [9.17, 15) is 4.79 Å². The number of hydrogen-bond acceptors (Lipinski definition) is 4. The lowest BCUT2D eigenvalue weighted by Gasteiger charge is -2.20. The second-order valence-corrected chi connectivity index (χ2v) is 7.56. The van der Waals surface area contributed by atoms with E-state index in [-0.39, 0.29) is 11.2 Å². The first-order valence-electron chi connectivity index (χ1n) is 7.00. The van der Waals surface area contributed by atoms with Crippen molar-refractivity contribution in [2.45, 2.75) is 16.5 Å². The van der Waals surface area contributed by atoms with Gasteiger partial charge in [0.15, 0.2) is 4.34 Å². The molecule has 0 aliphatic heterocycles. The molecule has 22 heavy (non-hydrogen) atoms. The number of fused-ring (bicyclic) bond motifs is 1. The SMILES string of the molecule is CC(Sc1nc2ccccc2s1)C(=O)N(C)c1ccccc1. The van der Waals surface area contributed by atoms with Crippen LogP contribution in [0.2, 0.25) is 0 Å². The van der Waals surface area contributed by atoms with E-state index >= 15 is 0 Å². The minimum absolute atomic E-state index is 0.0791. The van der Waals surface area contributed by atoms with Gasteiger partial charge in [0.05, 0.1) is 15.5 Å². The molecule has 5 heteroatoms. The summed E-state index contributed by atoms with van der Waals surface area (Å²) in [7, 11) is 1.81. The van der Waals surface area contributed by atoms with Crippen molar-refractivity contribution in [1.82, 2.24) is 4.98 Å². The zero-order valence-corrected chi connectivity index (χ0v) is 14.0. The molecule has 3 aromatic rings. The summed E-state index contributed by atoms with van der Waals surface area (Å²) in [6, 6.07) is 17.7. The molecule has 0 aliphatic carbocycles. The number of rotatable bonds is 4. The Morgan fingerprint density at radius 2 is 1.82 bits per heavy atom. The van der Waals surface area contributed by atoms with Crippen LogP contribution < -0.4 is 4.90 Å². The molecule has 0 saturated carbocycles. The zero-order chi connectivity index (χ0) is 15.5. The molecule has 1 amide bonds. The number of para-hydroxylation sites is 2. The summed E-state index contributed by atoms with van der Waals surface area (Å²) in [6.45, 7) is 1.93. The van der Waals surface area contributed by atoms with Crippen molar-refractivity contribution >= 4 is 44.9 Å². The molecular weight excluding hydrogens is 312 g/mol. The largest absolute Gasteiger partial charge is 0.315 e. The number of amides is 1. The maximum absolute atomic E-state index is 12.5. The fourth-order valence-electron chi connectivity index (χ4n) is 2.15. The number of hydrogen-bond donors (Lipinski definition) is 0. The lowest BCUT2D eigenvalue weighted by atomic mass is 10.3. The number of carbonyl (C=O) groups excluding carboxylic acids is 1. The summed E-state index contributed by atoms with van der Waals surface area (Å²) in [4.78, 5) is 18.8. The molecule has 2 aromatic carbocycles. The molecule has 3 rings (SSSR count). The zero-order valence-electron chi connectivity index (χ0n) is 12.4. The predicted octanol–water partition coefficient (Wildman–Crippen LogP) is 4.44. The van der Waals surface area contributed by atoms with Crippen LogP contribution in [-0.4, -0.2) is 23.2 Å². The third-order valence-corrected chi connectivity index (χ3v) is 5.59. The molecule has 112 valence electrons. The van der Waals surface area contributed by atoms with Gasteiger partial charge in [-0.3, -0.25) is 4.79 Å². The van der Waals surface area contributed by atoms with E-state index in [2.05, 4.69) is 11.1 Å². The van der Waals surface area contributed by atoms with Crippen molar-refractivity contribution in [3.05, 3.63) is 54.6 Å². The van der Waals surface area contributed by atoms with Crippen LogP contribution in [0.4, 0.5) is 5.69 Å². The van der Waals surface area contributed by atoms with Gasteiger partial charge in [-0.2, -0.15) is 0 Å². The second-order valence-electron chi connectivity index (χ2n) is 4.94. The minimum atomic E-state index is -0.175. The molecule has 0 spiro atoms. The summed E-state index contributed by atoms with van der Waals surface area (Å²) in [5.74, 6) is 0.0791. The van der Waals surface area contributed by atoms with E-state index in [0.717, 1.165) is 20.2 Å². The number of benzene rings is 2. The maximum atomic E-state index is 12.5. The highest BCUT2D eigenvalue weighted by Gasteiger charge is 2.21. The van der Waals surface area contributed by atoms with Crippen LogP contribution in [0.1, 0.15) is 6.92 Å². The minimum Gasteiger partial charge on any atom is -0.315 e. The van der Waals surface area contributed by atoms with Gasteiger partial charge in [-0.1, -0.05) is 42.1 Å². The molecule has 1 unspecified atom stereocenters. The van der Waals surface area contributed by atoms with E-state index in [0.29, 0.717) is 0 Å². The van der Waals surface area contributed by atoms with Crippen LogP contribution in [0.15, 0.2) is 58.9 Å². The van der Waals surface area contributed by atoms with E-state index in [1.165, 1.54) is 11.8 Å². The molecule has 0 aliphatic rings. The van der Waals surface area contributed by atoms with Gasteiger partial charge >= 0.3 is 0 Å². The standard InChI is InChI=1S/C17H16N2OS2/c1-12(16(20)19(2)13-8-4-3-5-9-13)21-17-18-14-10-6-7-11-15(14)22-17/h3-12H,1-2H3. The molecular formula is C17H16N2OS2. The highest BCUT2D eigenvalue weighted by molar-refractivity contribution is 8.02. The third kappa shape index (κ3) is 3.15. The van der Waals surface area contributed by atoms with Crippen molar-refractivity contribution in [2.24, 2.45) is 0 Å². The Balaban J connectivity index is 1.73. The number of aromatic nitrogens is 1. The van der Waals surface area contributed by atoms with Crippen LogP contribution in [0.25, 0.3) is 10.2 Å². The third-order valence-electron chi connectivity index (χ3n) is 3.37. The molecule has 1 atom stereocenters. The fraction of sp³-hybridized carbons (Fsp3) is 0.176. The number of thiazole rings is 1. The van der Waals surface area contributed by atoms with Crippen molar-refractivity contribution in [3.8, 4) is 0 Å². The first kappa shape index (κ1) is 15.1. The Hall–Kier alpha value is -1.85. The second kappa shape index (κ2) is 6.50. The van der Waals surface area contributed by atoms with Gasteiger partial charge in [-0.25, -0.2) is 4.98 Å². The fourth-order valence-corrected chi connectivity index (χ4v) is 4.46. The smallest absolute Gasteiger partial charge is 0.240 e. The van der Waals surface area contributed by atoms with Crippen molar-refractivity contribution < 1.29 is 4.79 Å². The Morgan fingerprint density at radius 3 is 2.55 bits per heavy atom. The van der Waals surface area contributed by atoms with E-state index in [1.807, 2.05) is 62.5 Å². The van der Waals surface area contributed by atoms with Gasteiger partial charge in [-0.05, 0) is 31.2 Å². The number of anilines is 1. The monoisotopic (exact) mass is 328 g/mol. The first-order valence-corrected chi connectivity index (χ1v) is 8.69. The molecule has 0 radical (unpaired) electrons. The summed E-state index contributed by atoms with van der Waals surface area (Å²) in [5, 5.41) is -0.175. The van der Waals surface area contributed by atoms with Crippen LogP contribution in [0.5, 0.6) is 0 Å². The number of thioether (sulfide) groups is 1. The number of nitrogens with zero attached hydrogens (tertiary/aromatic N) is 2. The Bertz CT molecular complexity index is 752. The Kier molecular flexibility index (Phi) is 4.45. The maximum Gasteiger partial charge on any atom is 0.240 e. The van der Waals surface area contributed by atoms with Gasteiger partial charge < -0.3 is 4.90 Å². The molecule has 0 fully saturated rings. The Labute approximate surface area is 138 Å². The summed E-state index contributed by atoms with van der Waals surface area (Å²) in [6.07, 6.45) is 0. The highest BCUT2D eigenvalue weighted by atomic mass is 32.2. The lowest BCUT2D eigenvalue weighted by molar-refractivity contribution is -0.117. The molecule has 3 nitrogen and oxygen atoms in total. The van der Waals surface area contributed by atoms with Crippen molar-refractivity contribution in [2.75, 3.05) is 11.9 Å². The van der Waals surface area contributed by atoms with E-state index in [1.54, 1.807) is 16.2 Å². The highest BCUT2D eigenvalue weighted by Crippen LogP contribution is 2.32. The van der Waals surface area contributed by atoms with Gasteiger partial charge in [0, 0.05) is 12.7 Å². The predicted molar refractivity (Wildman–Crippen MR) is 94.8 cm³/mol. The van der Waals surface area contributed by atoms with E-state index in [4.69, 9.17) is 0 Å². The number of carbonyl (C=O) groups is 1. The van der Waals surface area contributed by atoms with Crippen molar-refractivity contribution in [1.29, 1.82) is 0 Å². The molecule has 0 saturated heterocycles. The average Bonchev–Trinajstić information content (AvgIpc) is 2.96. The van der Waals surface area contributed by atoms with Gasteiger partial charge in [0.1, 0.15) is 0 Å². The molecule has 1 aromatic heterocycles. The molecule has 0 N–H and O–H groups in total. The topological polar surface area (TPSA) is 33.2 Å². The van der Waals surface area contributed by atoms with Crippen LogP contribution in [0, 0.1) is 0 Å². The summed E-state index contributed by atoms with van der Waals surface area (Å²) >= 11 is 3.15. The van der Waals surface area contributed by atoms with Gasteiger partial charge in [0.25, 0.3) is 0 Å². The summed E-state index contributed by atoms with van der Waals surface area (Å²) in [5.41, 5.74) is 1.90.